The van der Waals surface area contributed by atoms with Crippen molar-refractivity contribution < 1.29 is 23.9 Å². The van der Waals surface area contributed by atoms with Crippen molar-refractivity contribution in [1.29, 1.82) is 0 Å². The molecule has 0 aliphatic heterocycles. The van der Waals surface area contributed by atoms with Crippen molar-refractivity contribution >= 4 is 46.7 Å². The third-order valence-electron chi connectivity index (χ3n) is 4.00. The van der Waals surface area contributed by atoms with E-state index in [1.54, 1.807) is 39.8 Å². The second kappa shape index (κ2) is 9.12. The lowest BCUT2D eigenvalue weighted by molar-refractivity contribution is -0.119. The topological polar surface area (TPSA) is 97.5 Å². The van der Waals surface area contributed by atoms with E-state index >= 15 is 0 Å². The first-order valence-corrected chi connectivity index (χ1v) is 9.20. The molecule has 2 N–H and O–H groups in total. The summed E-state index contributed by atoms with van der Waals surface area (Å²) >= 11 is 12.2. The van der Waals surface area contributed by atoms with Gasteiger partial charge in [0.25, 0.3) is 5.91 Å². The van der Waals surface area contributed by atoms with Crippen LogP contribution in [0.15, 0.2) is 12.1 Å². The molecule has 0 fully saturated rings. The molecule has 9 heteroatoms. The number of halogens is 2. The van der Waals surface area contributed by atoms with Crippen LogP contribution in [-0.4, -0.2) is 36.0 Å². The molecule has 28 heavy (non-hydrogen) atoms. The van der Waals surface area contributed by atoms with E-state index in [9.17, 15) is 14.4 Å². The van der Waals surface area contributed by atoms with E-state index in [1.807, 2.05) is 0 Å². The molecule has 0 atom stereocenters. The number of aromatic nitrogens is 1. The monoisotopic (exact) mass is 426 g/mol. The SMILES string of the molecule is CCOC(=O)c1c(C)[nH]c(C(=O)OCC(=O)Nc2c(Cl)ccc(C)c2Cl)c1C. The van der Waals surface area contributed by atoms with Gasteiger partial charge in [0.15, 0.2) is 6.61 Å². The molecule has 0 saturated heterocycles. The molecule has 0 radical (unpaired) electrons. The molecule has 0 aliphatic rings. The van der Waals surface area contributed by atoms with E-state index in [1.165, 1.54) is 0 Å². The van der Waals surface area contributed by atoms with E-state index in [-0.39, 0.29) is 28.6 Å². The van der Waals surface area contributed by atoms with Crippen LogP contribution in [0.2, 0.25) is 10.0 Å². The van der Waals surface area contributed by atoms with Gasteiger partial charge in [-0.3, -0.25) is 4.79 Å². The molecule has 2 aromatic rings. The summed E-state index contributed by atoms with van der Waals surface area (Å²) in [6.07, 6.45) is 0. The number of ether oxygens (including phenoxy) is 2. The molecule has 1 aromatic heterocycles. The summed E-state index contributed by atoms with van der Waals surface area (Å²) in [5.74, 6) is -1.91. The average molecular weight is 427 g/mol. The van der Waals surface area contributed by atoms with E-state index in [4.69, 9.17) is 32.7 Å². The minimum Gasteiger partial charge on any atom is -0.462 e. The van der Waals surface area contributed by atoms with Gasteiger partial charge in [-0.2, -0.15) is 0 Å². The fourth-order valence-corrected chi connectivity index (χ4v) is 3.08. The number of amides is 1. The summed E-state index contributed by atoms with van der Waals surface area (Å²) < 4.78 is 10.0. The van der Waals surface area contributed by atoms with Crippen molar-refractivity contribution in [3.05, 3.63) is 50.3 Å². The molecule has 0 bridgehead atoms. The van der Waals surface area contributed by atoms with Crippen LogP contribution in [0.3, 0.4) is 0 Å². The molecule has 1 aromatic carbocycles. The fraction of sp³-hybridized carbons (Fsp3) is 0.316. The van der Waals surface area contributed by atoms with Gasteiger partial charge in [0, 0.05) is 5.69 Å². The van der Waals surface area contributed by atoms with Gasteiger partial charge in [-0.05, 0) is 44.9 Å². The third kappa shape index (κ3) is 4.66. The van der Waals surface area contributed by atoms with Crippen molar-refractivity contribution in [1.82, 2.24) is 4.98 Å². The highest BCUT2D eigenvalue weighted by Gasteiger charge is 2.24. The Kier molecular flexibility index (Phi) is 7.10. The Hall–Kier alpha value is -2.51. The third-order valence-corrected chi connectivity index (χ3v) is 4.81. The van der Waals surface area contributed by atoms with Crippen molar-refractivity contribution in [3.63, 3.8) is 0 Å². The predicted molar refractivity (Wildman–Crippen MR) is 106 cm³/mol. The van der Waals surface area contributed by atoms with Crippen molar-refractivity contribution in [2.45, 2.75) is 27.7 Å². The van der Waals surface area contributed by atoms with Crippen LogP contribution < -0.4 is 5.32 Å². The van der Waals surface area contributed by atoms with Crippen LogP contribution in [0.5, 0.6) is 0 Å². The molecule has 150 valence electrons. The van der Waals surface area contributed by atoms with Gasteiger partial charge in [-0.15, -0.1) is 0 Å². The van der Waals surface area contributed by atoms with Gasteiger partial charge >= 0.3 is 11.9 Å². The second-order valence-corrected chi connectivity index (χ2v) is 6.81. The highest BCUT2D eigenvalue weighted by molar-refractivity contribution is 6.40. The summed E-state index contributed by atoms with van der Waals surface area (Å²) in [6, 6.07) is 3.32. The normalized spacial score (nSPS) is 10.5. The number of H-pyrrole nitrogens is 1. The molecule has 0 saturated carbocycles. The van der Waals surface area contributed by atoms with Gasteiger partial charge in [-0.1, -0.05) is 29.3 Å². The minimum atomic E-state index is -0.771. The van der Waals surface area contributed by atoms with Crippen LogP contribution >= 0.6 is 23.2 Å². The zero-order valence-corrected chi connectivity index (χ0v) is 17.4. The first kappa shape index (κ1) is 21.8. The molecule has 0 spiro atoms. The number of benzene rings is 1. The maximum Gasteiger partial charge on any atom is 0.355 e. The van der Waals surface area contributed by atoms with Gasteiger partial charge in [0.05, 0.1) is 27.9 Å². The Morgan fingerprint density at radius 2 is 1.75 bits per heavy atom. The lowest BCUT2D eigenvalue weighted by Gasteiger charge is -2.11. The molecule has 7 nitrogen and oxygen atoms in total. The smallest absolute Gasteiger partial charge is 0.355 e. The second-order valence-electron chi connectivity index (χ2n) is 6.02. The minimum absolute atomic E-state index is 0.0833. The van der Waals surface area contributed by atoms with Crippen LogP contribution in [0.4, 0.5) is 5.69 Å². The molecular formula is C19H20Cl2N2O5. The number of hydrogen-bond acceptors (Lipinski definition) is 5. The molecule has 1 heterocycles. The lowest BCUT2D eigenvalue weighted by Crippen LogP contribution is -2.22. The number of anilines is 1. The molecule has 0 unspecified atom stereocenters. The summed E-state index contributed by atoms with van der Waals surface area (Å²) in [5, 5.41) is 3.10. The van der Waals surface area contributed by atoms with Gasteiger partial charge in [-0.25, -0.2) is 9.59 Å². The van der Waals surface area contributed by atoms with Crippen LogP contribution in [0, 0.1) is 20.8 Å². The highest BCUT2D eigenvalue weighted by Crippen LogP contribution is 2.32. The summed E-state index contributed by atoms with van der Waals surface area (Å²) in [4.78, 5) is 39.2. The zero-order valence-electron chi connectivity index (χ0n) is 15.9. The van der Waals surface area contributed by atoms with E-state index in [0.717, 1.165) is 5.56 Å². The molecule has 1 amide bonds. The molecule has 2 rings (SSSR count). The Bertz CT molecular complexity index is 937. The maximum absolute atomic E-state index is 12.3. The number of nitrogens with one attached hydrogen (secondary N) is 2. The number of rotatable bonds is 6. The van der Waals surface area contributed by atoms with Gasteiger partial charge in [0.2, 0.25) is 0 Å². The molecule has 0 aliphatic carbocycles. The summed E-state index contributed by atoms with van der Waals surface area (Å²) in [7, 11) is 0. The van der Waals surface area contributed by atoms with Crippen molar-refractivity contribution in [2.75, 3.05) is 18.5 Å². The van der Waals surface area contributed by atoms with Gasteiger partial charge in [0.1, 0.15) is 5.69 Å². The fourth-order valence-electron chi connectivity index (χ4n) is 2.61. The van der Waals surface area contributed by atoms with Crippen LogP contribution in [0.25, 0.3) is 0 Å². The quantitative estimate of drug-likeness (QED) is 0.673. The van der Waals surface area contributed by atoms with Gasteiger partial charge < -0.3 is 19.8 Å². The Labute approximate surface area is 172 Å². The Balaban J connectivity index is 2.07. The van der Waals surface area contributed by atoms with E-state index in [2.05, 4.69) is 10.3 Å². The standard InChI is InChI=1S/C19H20Cl2N2O5/c1-5-27-18(25)14-10(3)16(22-11(14)4)19(26)28-8-13(24)23-17-12(20)7-6-9(2)15(17)21/h6-7,22H,5,8H2,1-4H3,(H,23,24). The van der Waals surface area contributed by atoms with E-state index < -0.39 is 24.5 Å². The summed E-state index contributed by atoms with van der Waals surface area (Å²) in [6.45, 7) is 6.36. The zero-order chi connectivity index (χ0) is 21.0. The number of aromatic amines is 1. The first-order chi connectivity index (χ1) is 13.2. The Morgan fingerprint density at radius 3 is 2.39 bits per heavy atom. The van der Waals surface area contributed by atoms with Crippen molar-refractivity contribution in [3.8, 4) is 0 Å². The number of esters is 2. The number of hydrogen-bond donors (Lipinski definition) is 2. The van der Waals surface area contributed by atoms with Crippen LogP contribution in [0.1, 0.15) is 44.6 Å². The largest absolute Gasteiger partial charge is 0.462 e. The Morgan fingerprint density at radius 1 is 1.07 bits per heavy atom. The lowest BCUT2D eigenvalue weighted by atomic mass is 10.1. The number of carbonyl (C=O) groups is 3. The predicted octanol–water partition coefficient (Wildman–Crippen LogP) is 4.22. The maximum atomic E-state index is 12.3. The first-order valence-electron chi connectivity index (χ1n) is 8.45. The highest BCUT2D eigenvalue weighted by atomic mass is 35.5. The average Bonchev–Trinajstić information content (AvgIpc) is 2.94. The van der Waals surface area contributed by atoms with E-state index in [0.29, 0.717) is 16.3 Å². The van der Waals surface area contributed by atoms with Crippen LogP contribution in [-0.2, 0) is 14.3 Å². The molecular weight excluding hydrogens is 407 g/mol. The summed E-state index contributed by atoms with van der Waals surface area (Å²) in [5.41, 5.74) is 2.22. The van der Waals surface area contributed by atoms with Crippen molar-refractivity contribution in [2.24, 2.45) is 0 Å². The number of carbonyl (C=O) groups excluding carboxylic acids is 3. The number of aryl methyl sites for hydroxylation is 2.